The Bertz CT molecular complexity index is 434. The fraction of sp³-hybridized carbons (Fsp3) is 0.462. The highest BCUT2D eigenvalue weighted by molar-refractivity contribution is 5.78. The number of likely N-dealkylation sites (N-methyl/N-ethyl adjacent to an activating group) is 1. The van der Waals surface area contributed by atoms with Gasteiger partial charge in [0.15, 0.2) is 5.60 Å². The van der Waals surface area contributed by atoms with Crippen molar-refractivity contribution in [3.63, 3.8) is 0 Å². The number of aliphatic carboxylic acids is 1. The van der Waals surface area contributed by atoms with Crippen molar-refractivity contribution in [2.45, 2.75) is 12.0 Å². The second-order valence-electron chi connectivity index (χ2n) is 4.69. The van der Waals surface area contributed by atoms with Gasteiger partial charge in [-0.2, -0.15) is 0 Å². The summed E-state index contributed by atoms with van der Waals surface area (Å²) < 4.78 is 18.3. The average molecular weight is 253 g/mol. The normalized spacial score (nSPS) is 25.0. The molecule has 0 bridgehead atoms. The molecule has 18 heavy (non-hydrogen) atoms. The van der Waals surface area contributed by atoms with Gasteiger partial charge in [-0.1, -0.05) is 12.1 Å². The van der Waals surface area contributed by atoms with Gasteiger partial charge >= 0.3 is 5.97 Å². The molecule has 2 rings (SSSR count). The molecule has 1 N–H and O–H groups in total. The van der Waals surface area contributed by atoms with Crippen LogP contribution in [0.3, 0.4) is 0 Å². The standard InChI is InChI=1S/C13H16FNO3/c1-15-6-7-18-13(9-15,12(16)17)8-10-2-4-11(14)5-3-10/h2-5H,6-9H2,1H3,(H,16,17)/t13-/m0/s1. The molecule has 0 radical (unpaired) electrons. The maximum absolute atomic E-state index is 12.8. The van der Waals surface area contributed by atoms with Crippen molar-refractivity contribution in [2.75, 3.05) is 26.7 Å². The van der Waals surface area contributed by atoms with Crippen LogP contribution in [0.1, 0.15) is 5.56 Å². The first kappa shape index (κ1) is 13.0. The van der Waals surface area contributed by atoms with Gasteiger partial charge in [-0.15, -0.1) is 0 Å². The number of rotatable bonds is 3. The van der Waals surface area contributed by atoms with Crippen LogP contribution in [0.5, 0.6) is 0 Å². The number of carboxylic acid groups (broad SMARTS) is 1. The Balaban J connectivity index is 2.20. The Morgan fingerprint density at radius 1 is 1.50 bits per heavy atom. The highest BCUT2D eigenvalue weighted by Gasteiger charge is 2.43. The summed E-state index contributed by atoms with van der Waals surface area (Å²) in [6.07, 6.45) is 0.243. The van der Waals surface area contributed by atoms with Crippen molar-refractivity contribution in [1.29, 1.82) is 0 Å². The number of carboxylic acids is 1. The third-order valence-electron chi connectivity index (χ3n) is 3.17. The minimum Gasteiger partial charge on any atom is -0.479 e. The monoisotopic (exact) mass is 253 g/mol. The number of nitrogens with zero attached hydrogens (tertiary/aromatic N) is 1. The predicted molar refractivity (Wildman–Crippen MR) is 63.9 cm³/mol. The van der Waals surface area contributed by atoms with Crippen molar-refractivity contribution in [3.8, 4) is 0 Å². The summed E-state index contributed by atoms with van der Waals surface area (Å²) in [4.78, 5) is 13.4. The smallest absolute Gasteiger partial charge is 0.337 e. The fourth-order valence-corrected chi connectivity index (χ4v) is 2.20. The van der Waals surface area contributed by atoms with Gasteiger partial charge < -0.3 is 14.7 Å². The number of hydrogen-bond acceptors (Lipinski definition) is 3. The van der Waals surface area contributed by atoms with E-state index < -0.39 is 11.6 Å². The fourth-order valence-electron chi connectivity index (χ4n) is 2.20. The zero-order chi connectivity index (χ0) is 13.2. The van der Waals surface area contributed by atoms with Gasteiger partial charge in [0.1, 0.15) is 5.82 Å². The molecule has 0 amide bonds. The molecule has 0 aromatic heterocycles. The lowest BCUT2D eigenvalue weighted by molar-refractivity contribution is -0.176. The number of benzene rings is 1. The summed E-state index contributed by atoms with van der Waals surface area (Å²) in [6, 6.07) is 5.85. The van der Waals surface area contributed by atoms with Crippen LogP contribution < -0.4 is 0 Å². The molecule has 1 aromatic rings. The van der Waals surface area contributed by atoms with E-state index in [4.69, 9.17) is 4.74 Å². The van der Waals surface area contributed by atoms with Crippen LogP contribution in [0.2, 0.25) is 0 Å². The van der Waals surface area contributed by atoms with Crippen molar-refractivity contribution in [1.82, 2.24) is 4.90 Å². The van der Waals surface area contributed by atoms with E-state index in [1.807, 2.05) is 11.9 Å². The molecule has 1 atom stereocenters. The van der Waals surface area contributed by atoms with Crippen LogP contribution in [0, 0.1) is 5.82 Å². The molecule has 1 heterocycles. The van der Waals surface area contributed by atoms with Crippen LogP contribution >= 0.6 is 0 Å². The molecule has 4 nitrogen and oxygen atoms in total. The largest absolute Gasteiger partial charge is 0.479 e. The molecule has 1 aliphatic rings. The van der Waals surface area contributed by atoms with E-state index in [1.165, 1.54) is 12.1 Å². The molecule has 5 heteroatoms. The minimum atomic E-state index is -1.23. The summed E-state index contributed by atoms with van der Waals surface area (Å²) in [5.74, 6) is -1.30. The van der Waals surface area contributed by atoms with Gasteiger partial charge in [-0.25, -0.2) is 9.18 Å². The summed E-state index contributed by atoms with van der Waals surface area (Å²) in [5, 5.41) is 9.40. The predicted octanol–water partition coefficient (Wildman–Crippen LogP) is 1.15. The van der Waals surface area contributed by atoms with E-state index in [0.717, 1.165) is 12.1 Å². The molecule has 0 saturated carbocycles. The van der Waals surface area contributed by atoms with Gasteiger partial charge in [0.25, 0.3) is 0 Å². The van der Waals surface area contributed by atoms with E-state index in [-0.39, 0.29) is 12.2 Å². The maximum Gasteiger partial charge on any atom is 0.337 e. The highest BCUT2D eigenvalue weighted by atomic mass is 19.1. The number of carbonyl (C=O) groups is 1. The van der Waals surface area contributed by atoms with Gasteiger partial charge in [-0.3, -0.25) is 0 Å². The summed E-state index contributed by atoms with van der Waals surface area (Å²) in [5.41, 5.74) is -0.473. The van der Waals surface area contributed by atoms with Crippen molar-refractivity contribution >= 4 is 5.97 Å². The van der Waals surface area contributed by atoms with Crippen LogP contribution in [-0.4, -0.2) is 48.3 Å². The lowest BCUT2D eigenvalue weighted by Crippen LogP contribution is -2.56. The zero-order valence-corrected chi connectivity index (χ0v) is 10.2. The lowest BCUT2D eigenvalue weighted by Gasteiger charge is -2.38. The number of halogens is 1. The molecular formula is C13H16FNO3. The first-order chi connectivity index (χ1) is 8.52. The maximum atomic E-state index is 12.8. The van der Waals surface area contributed by atoms with Crippen LogP contribution in [0.15, 0.2) is 24.3 Å². The minimum absolute atomic E-state index is 0.243. The Morgan fingerprint density at radius 2 is 2.17 bits per heavy atom. The first-order valence-electron chi connectivity index (χ1n) is 5.82. The second-order valence-corrected chi connectivity index (χ2v) is 4.69. The Morgan fingerprint density at radius 3 is 2.72 bits per heavy atom. The third kappa shape index (κ3) is 2.68. The van der Waals surface area contributed by atoms with Crippen LogP contribution in [0.4, 0.5) is 4.39 Å². The molecular weight excluding hydrogens is 237 g/mol. The quantitative estimate of drug-likeness (QED) is 0.878. The molecule has 1 saturated heterocycles. The average Bonchev–Trinajstić information content (AvgIpc) is 2.32. The number of ether oxygens (including phenoxy) is 1. The van der Waals surface area contributed by atoms with E-state index in [1.54, 1.807) is 12.1 Å². The molecule has 1 fully saturated rings. The SMILES string of the molecule is CN1CCO[C@](Cc2ccc(F)cc2)(C(=O)O)C1. The first-order valence-corrected chi connectivity index (χ1v) is 5.82. The van der Waals surface area contributed by atoms with E-state index >= 15 is 0 Å². The van der Waals surface area contributed by atoms with Crippen LogP contribution in [0.25, 0.3) is 0 Å². The summed E-state index contributed by atoms with van der Waals surface area (Å²) >= 11 is 0. The van der Waals surface area contributed by atoms with Gasteiger partial charge in [-0.05, 0) is 24.7 Å². The van der Waals surface area contributed by atoms with Gasteiger partial charge in [0.2, 0.25) is 0 Å². The van der Waals surface area contributed by atoms with Crippen LogP contribution in [-0.2, 0) is 16.0 Å². The molecule has 0 aliphatic carbocycles. The summed E-state index contributed by atoms with van der Waals surface area (Å²) in [7, 11) is 1.87. The van der Waals surface area contributed by atoms with Gasteiger partial charge in [0.05, 0.1) is 6.61 Å². The molecule has 1 aromatic carbocycles. The summed E-state index contributed by atoms with van der Waals surface area (Å²) in [6.45, 7) is 1.45. The number of morpholine rings is 1. The van der Waals surface area contributed by atoms with Crippen molar-refractivity contribution < 1.29 is 19.0 Å². The van der Waals surface area contributed by atoms with Crippen molar-refractivity contribution in [2.24, 2.45) is 0 Å². The van der Waals surface area contributed by atoms with E-state index in [0.29, 0.717) is 13.2 Å². The lowest BCUT2D eigenvalue weighted by atomic mass is 9.92. The molecule has 0 unspecified atom stereocenters. The van der Waals surface area contributed by atoms with Gasteiger partial charge in [0, 0.05) is 19.5 Å². The number of hydrogen-bond donors (Lipinski definition) is 1. The molecule has 0 spiro atoms. The Hall–Kier alpha value is -1.46. The Kier molecular flexibility index (Phi) is 3.63. The topological polar surface area (TPSA) is 49.8 Å². The zero-order valence-electron chi connectivity index (χ0n) is 10.2. The third-order valence-corrected chi connectivity index (χ3v) is 3.17. The van der Waals surface area contributed by atoms with Crippen molar-refractivity contribution in [3.05, 3.63) is 35.6 Å². The highest BCUT2D eigenvalue weighted by Crippen LogP contribution is 2.23. The Labute approximate surface area is 105 Å². The van der Waals surface area contributed by atoms with E-state index in [2.05, 4.69) is 0 Å². The van der Waals surface area contributed by atoms with E-state index in [9.17, 15) is 14.3 Å². The molecule has 98 valence electrons. The molecule has 1 aliphatic heterocycles. The second kappa shape index (κ2) is 5.04.